The van der Waals surface area contributed by atoms with Crippen LogP contribution >= 0.6 is 0 Å². The average molecular weight is 303 g/mol. The van der Waals surface area contributed by atoms with Gasteiger partial charge in [0, 0.05) is 37.1 Å². The number of hydrogen-bond acceptors (Lipinski definition) is 2. The van der Waals surface area contributed by atoms with Crippen molar-refractivity contribution in [3.63, 3.8) is 0 Å². The minimum absolute atomic E-state index is 0.814. The molecule has 0 spiro atoms. The molecule has 0 bridgehead atoms. The van der Waals surface area contributed by atoms with Crippen molar-refractivity contribution in [1.82, 2.24) is 9.38 Å². The molecule has 3 nitrogen and oxygen atoms in total. The number of rotatable bonds is 3. The molecule has 0 atom stereocenters. The molecule has 0 saturated carbocycles. The summed E-state index contributed by atoms with van der Waals surface area (Å²) in [5, 5.41) is 3.46. The Hall–Kier alpha value is -2.73. The third-order valence-corrected chi connectivity index (χ3v) is 4.13. The fourth-order valence-corrected chi connectivity index (χ4v) is 2.55. The van der Waals surface area contributed by atoms with E-state index in [1.165, 1.54) is 16.7 Å². The Morgan fingerprint density at radius 1 is 1.17 bits per heavy atom. The van der Waals surface area contributed by atoms with Crippen LogP contribution in [-0.4, -0.2) is 15.9 Å². The minimum Gasteiger partial charge on any atom is -0.383 e. The monoisotopic (exact) mass is 303 g/mol. The summed E-state index contributed by atoms with van der Waals surface area (Å²) in [6.45, 7) is 7.18. The van der Waals surface area contributed by atoms with Gasteiger partial charge in [-0.3, -0.25) is 0 Å². The molecule has 3 heteroatoms. The van der Waals surface area contributed by atoms with E-state index in [2.05, 4.69) is 73.4 Å². The number of hydrogen-bond donors (Lipinski definition) is 1. The Labute approximate surface area is 137 Å². The lowest BCUT2D eigenvalue weighted by Gasteiger charge is -2.08. The molecular formula is C20H21N3. The van der Waals surface area contributed by atoms with Crippen molar-refractivity contribution in [2.45, 2.75) is 27.2 Å². The third kappa shape index (κ3) is 3.37. The Morgan fingerprint density at radius 3 is 2.91 bits per heavy atom. The summed E-state index contributed by atoms with van der Waals surface area (Å²) >= 11 is 0. The van der Waals surface area contributed by atoms with Crippen LogP contribution in [0.5, 0.6) is 0 Å². The van der Waals surface area contributed by atoms with E-state index in [0.717, 1.165) is 29.9 Å². The second-order valence-electron chi connectivity index (χ2n) is 5.79. The number of anilines is 1. The maximum absolute atomic E-state index is 4.29. The summed E-state index contributed by atoms with van der Waals surface area (Å²) in [4.78, 5) is 4.29. The Bertz CT molecular complexity index is 894. The molecule has 0 unspecified atom stereocenters. The molecule has 0 radical (unpaired) electrons. The number of fused-ring (bicyclic) bond motifs is 1. The van der Waals surface area contributed by atoms with Gasteiger partial charge in [0.1, 0.15) is 5.65 Å². The fraction of sp³-hybridized carbons (Fsp3) is 0.250. The molecule has 116 valence electrons. The van der Waals surface area contributed by atoms with E-state index in [1.54, 1.807) is 0 Å². The second-order valence-corrected chi connectivity index (χ2v) is 5.79. The molecule has 0 fully saturated rings. The van der Waals surface area contributed by atoms with E-state index in [9.17, 15) is 0 Å². The number of aromatic nitrogens is 2. The summed E-state index contributed by atoms with van der Waals surface area (Å²) in [5.41, 5.74) is 6.99. The van der Waals surface area contributed by atoms with Crippen LogP contribution in [0.3, 0.4) is 0 Å². The van der Waals surface area contributed by atoms with E-state index >= 15 is 0 Å². The molecule has 23 heavy (non-hydrogen) atoms. The van der Waals surface area contributed by atoms with Gasteiger partial charge in [0.15, 0.2) is 0 Å². The summed E-state index contributed by atoms with van der Waals surface area (Å²) < 4.78 is 2.02. The Balaban J connectivity index is 1.62. The van der Waals surface area contributed by atoms with E-state index in [4.69, 9.17) is 0 Å². The molecule has 0 amide bonds. The lowest BCUT2D eigenvalue weighted by atomic mass is 10.0. The first-order chi connectivity index (χ1) is 11.1. The van der Waals surface area contributed by atoms with Crippen LogP contribution in [0.1, 0.15) is 28.7 Å². The zero-order valence-electron chi connectivity index (χ0n) is 13.9. The highest BCUT2D eigenvalue weighted by atomic mass is 15.0. The molecule has 3 rings (SSSR count). The van der Waals surface area contributed by atoms with Crippen molar-refractivity contribution in [3.05, 3.63) is 65.1 Å². The average Bonchev–Trinajstić information content (AvgIpc) is 2.98. The van der Waals surface area contributed by atoms with Gasteiger partial charge in [0.05, 0.1) is 5.69 Å². The van der Waals surface area contributed by atoms with Crippen LogP contribution in [-0.2, 0) is 0 Å². The first-order valence-corrected chi connectivity index (χ1v) is 7.87. The predicted molar refractivity (Wildman–Crippen MR) is 95.8 cm³/mol. The third-order valence-electron chi connectivity index (χ3n) is 4.13. The van der Waals surface area contributed by atoms with Gasteiger partial charge in [0.25, 0.3) is 0 Å². The van der Waals surface area contributed by atoms with Crippen molar-refractivity contribution < 1.29 is 0 Å². The van der Waals surface area contributed by atoms with Gasteiger partial charge in [-0.2, -0.15) is 0 Å². The number of nitrogens with zero attached hydrogens (tertiary/aromatic N) is 2. The van der Waals surface area contributed by atoms with E-state index in [0.29, 0.717) is 0 Å². The van der Waals surface area contributed by atoms with Gasteiger partial charge < -0.3 is 9.72 Å². The normalized spacial score (nSPS) is 10.4. The van der Waals surface area contributed by atoms with Gasteiger partial charge in [-0.1, -0.05) is 24.0 Å². The molecule has 3 aromatic rings. The highest BCUT2D eigenvalue weighted by Crippen LogP contribution is 2.16. The number of imidazole rings is 1. The van der Waals surface area contributed by atoms with Crippen LogP contribution in [0.4, 0.5) is 5.69 Å². The molecular weight excluding hydrogens is 282 g/mol. The fourth-order valence-electron chi connectivity index (χ4n) is 2.55. The van der Waals surface area contributed by atoms with Crippen molar-refractivity contribution in [3.8, 4) is 11.8 Å². The zero-order chi connectivity index (χ0) is 16.2. The molecule has 0 aliphatic rings. The summed E-state index contributed by atoms with van der Waals surface area (Å²) in [6.07, 6.45) is 6.67. The molecule has 0 saturated heterocycles. The summed E-state index contributed by atoms with van der Waals surface area (Å²) in [5.74, 6) is 6.53. The topological polar surface area (TPSA) is 29.3 Å². The van der Waals surface area contributed by atoms with Gasteiger partial charge >= 0.3 is 0 Å². The highest BCUT2D eigenvalue weighted by molar-refractivity contribution is 5.56. The largest absolute Gasteiger partial charge is 0.383 e. The van der Waals surface area contributed by atoms with Crippen LogP contribution in [0.25, 0.3) is 5.65 Å². The van der Waals surface area contributed by atoms with Crippen molar-refractivity contribution in [2.75, 3.05) is 11.9 Å². The number of nitrogens with one attached hydrogen (secondary N) is 1. The SMILES string of the molecule is Cc1cc2nccn2cc1NCCC#Cc1cccc(C)c1C. The number of aryl methyl sites for hydroxylation is 2. The Morgan fingerprint density at radius 2 is 2.04 bits per heavy atom. The minimum atomic E-state index is 0.814. The quantitative estimate of drug-likeness (QED) is 0.583. The maximum atomic E-state index is 4.29. The predicted octanol–water partition coefficient (Wildman–Crippen LogP) is 4.11. The van der Waals surface area contributed by atoms with Gasteiger partial charge in [-0.15, -0.1) is 0 Å². The lowest BCUT2D eigenvalue weighted by Crippen LogP contribution is -2.03. The van der Waals surface area contributed by atoms with Crippen LogP contribution < -0.4 is 5.32 Å². The van der Waals surface area contributed by atoms with E-state index in [-0.39, 0.29) is 0 Å². The highest BCUT2D eigenvalue weighted by Gasteiger charge is 2.01. The molecule has 1 N–H and O–H groups in total. The first-order valence-electron chi connectivity index (χ1n) is 7.87. The molecule has 2 heterocycles. The molecule has 2 aromatic heterocycles. The van der Waals surface area contributed by atoms with E-state index < -0.39 is 0 Å². The van der Waals surface area contributed by atoms with Crippen molar-refractivity contribution in [2.24, 2.45) is 0 Å². The smallest absolute Gasteiger partial charge is 0.137 e. The van der Waals surface area contributed by atoms with Gasteiger partial charge in [-0.25, -0.2) is 4.98 Å². The van der Waals surface area contributed by atoms with Crippen LogP contribution in [0, 0.1) is 32.6 Å². The standard InChI is InChI=1S/C20H21N3/c1-15-7-6-9-18(17(15)3)8-4-5-10-21-19-14-23-12-11-22-20(23)13-16(19)2/h6-7,9,11-14,21H,5,10H2,1-3H3. The lowest BCUT2D eigenvalue weighted by molar-refractivity contribution is 1.07. The van der Waals surface area contributed by atoms with Gasteiger partial charge in [0.2, 0.25) is 0 Å². The van der Waals surface area contributed by atoms with Crippen LogP contribution in [0.15, 0.2) is 42.9 Å². The summed E-state index contributed by atoms with van der Waals surface area (Å²) in [7, 11) is 0. The van der Waals surface area contributed by atoms with Crippen molar-refractivity contribution >= 4 is 11.3 Å². The second kappa shape index (κ2) is 6.58. The van der Waals surface area contributed by atoms with E-state index in [1.807, 2.05) is 16.8 Å². The summed E-state index contributed by atoms with van der Waals surface area (Å²) in [6, 6.07) is 8.36. The number of pyridine rings is 1. The Kier molecular flexibility index (Phi) is 4.34. The maximum Gasteiger partial charge on any atom is 0.137 e. The number of benzene rings is 1. The molecule has 0 aliphatic heterocycles. The van der Waals surface area contributed by atoms with Gasteiger partial charge in [-0.05, 0) is 49.6 Å². The van der Waals surface area contributed by atoms with Crippen molar-refractivity contribution in [1.29, 1.82) is 0 Å². The first kappa shape index (κ1) is 15.2. The molecule has 1 aromatic carbocycles. The van der Waals surface area contributed by atoms with Crippen LogP contribution in [0.2, 0.25) is 0 Å². The zero-order valence-corrected chi connectivity index (χ0v) is 13.9. The molecule has 0 aliphatic carbocycles.